The highest BCUT2D eigenvalue weighted by Gasteiger charge is 2.09. The maximum atomic E-state index is 9.59. The van der Waals surface area contributed by atoms with Gasteiger partial charge in [-0.05, 0) is 30.2 Å². The smallest absolute Gasteiger partial charge is 0.265 e. The van der Waals surface area contributed by atoms with Crippen LogP contribution in [0.25, 0.3) is 22.1 Å². The molecule has 3 N–H and O–H groups in total. The number of phenolic OH excluding ortho intramolecular Hbond substituents is 1. The number of hydrogen-bond donors (Lipinski definition) is 3. The van der Waals surface area contributed by atoms with E-state index in [4.69, 9.17) is 11.6 Å². The highest BCUT2D eigenvalue weighted by Crippen LogP contribution is 2.26. The maximum absolute atomic E-state index is 9.59. The van der Waals surface area contributed by atoms with Crippen molar-refractivity contribution < 1.29 is 5.11 Å². The van der Waals surface area contributed by atoms with Crippen LogP contribution in [0.3, 0.4) is 0 Å². The van der Waals surface area contributed by atoms with Gasteiger partial charge in [0.2, 0.25) is 0 Å². The molecule has 0 bridgehead atoms. The molecule has 0 saturated carbocycles. The molecular formula is C18H15ClN6O. The van der Waals surface area contributed by atoms with Crippen molar-refractivity contribution in [3.63, 3.8) is 0 Å². The zero-order valence-electron chi connectivity index (χ0n) is 13.9. The monoisotopic (exact) mass is 366 g/mol. The largest absolute Gasteiger partial charge is 0.506 e. The number of phenols is 1. The maximum Gasteiger partial charge on any atom is 0.265 e. The second-order valence-corrected chi connectivity index (χ2v) is 6.12. The molecule has 2 heterocycles. The number of hydrogen-bond acceptors (Lipinski definition) is 6. The lowest BCUT2D eigenvalue weighted by atomic mass is 10.1. The van der Waals surface area contributed by atoms with Crippen LogP contribution in [0, 0.1) is 0 Å². The standard InChI is InChI=1S/C18H15ClN6O/c1-2-10-6-7-13-12(8-10)16-17(21-13)22-18(25-23-16)24-20-9-11-4-3-5-14(26)15(11)19/h3-9,26H,2H2,1H3,(H2,21,22,24,25)/b20-9+. The van der Waals surface area contributed by atoms with E-state index in [1.54, 1.807) is 12.1 Å². The van der Waals surface area contributed by atoms with Gasteiger partial charge in [-0.25, -0.2) is 5.43 Å². The van der Waals surface area contributed by atoms with Crippen LogP contribution in [0.5, 0.6) is 5.75 Å². The minimum absolute atomic E-state index is 0.000484. The number of benzene rings is 2. The van der Waals surface area contributed by atoms with E-state index in [1.165, 1.54) is 17.8 Å². The van der Waals surface area contributed by atoms with Crippen molar-refractivity contribution in [1.29, 1.82) is 0 Å². The normalized spacial score (nSPS) is 11.6. The summed E-state index contributed by atoms with van der Waals surface area (Å²) in [6.45, 7) is 2.11. The van der Waals surface area contributed by atoms with Gasteiger partial charge in [-0.2, -0.15) is 10.1 Å². The van der Waals surface area contributed by atoms with E-state index in [2.05, 4.69) is 49.7 Å². The molecule has 4 aromatic rings. The fourth-order valence-corrected chi connectivity index (χ4v) is 2.86. The molecule has 130 valence electrons. The van der Waals surface area contributed by atoms with E-state index in [0.29, 0.717) is 11.2 Å². The number of halogens is 1. The minimum atomic E-state index is -0.000484. The van der Waals surface area contributed by atoms with Gasteiger partial charge in [-0.3, -0.25) is 0 Å². The zero-order valence-corrected chi connectivity index (χ0v) is 14.6. The SMILES string of the molecule is CCc1ccc2[nH]c3nc(N/N=C/c4cccc(O)c4Cl)nnc3c2c1. The number of rotatable bonds is 4. The average Bonchev–Trinajstić information content (AvgIpc) is 3.02. The summed E-state index contributed by atoms with van der Waals surface area (Å²) in [6, 6.07) is 11.1. The summed E-state index contributed by atoms with van der Waals surface area (Å²) in [5.74, 6) is 0.256. The number of aryl methyl sites for hydroxylation is 1. The topological polar surface area (TPSA) is 99.1 Å². The molecule has 0 unspecified atom stereocenters. The summed E-state index contributed by atoms with van der Waals surface area (Å²) in [4.78, 5) is 7.64. The van der Waals surface area contributed by atoms with Crippen LogP contribution in [0.4, 0.5) is 5.95 Å². The lowest BCUT2D eigenvalue weighted by Gasteiger charge is -2.00. The molecule has 4 rings (SSSR count). The number of nitrogens with zero attached hydrogens (tertiary/aromatic N) is 4. The Bertz CT molecular complexity index is 1140. The first-order valence-corrected chi connectivity index (χ1v) is 8.45. The van der Waals surface area contributed by atoms with Gasteiger partial charge in [-0.1, -0.05) is 36.7 Å². The number of nitrogens with one attached hydrogen (secondary N) is 2. The number of aromatic amines is 1. The van der Waals surface area contributed by atoms with Gasteiger partial charge in [0, 0.05) is 16.5 Å². The van der Waals surface area contributed by atoms with Crippen molar-refractivity contribution in [3.05, 3.63) is 52.5 Å². The summed E-state index contributed by atoms with van der Waals surface area (Å²) in [5.41, 5.74) is 6.85. The molecule has 0 aliphatic carbocycles. The average molecular weight is 367 g/mol. The molecule has 0 aliphatic rings. The molecule has 0 aliphatic heterocycles. The number of H-pyrrole nitrogens is 1. The summed E-state index contributed by atoms with van der Waals surface area (Å²) in [7, 11) is 0. The van der Waals surface area contributed by atoms with Gasteiger partial charge in [0.25, 0.3) is 5.95 Å². The van der Waals surface area contributed by atoms with Crippen molar-refractivity contribution in [2.45, 2.75) is 13.3 Å². The van der Waals surface area contributed by atoms with Gasteiger partial charge in [0.05, 0.1) is 11.2 Å². The molecule has 0 amide bonds. The van der Waals surface area contributed by atoms with Crippen molar-refractivity contribution in [1.82, 2.24) is 20.2 Å². The molecule has 0 spiro atoms. The van der Waals surface area contributed by atoms with Crippen molar-refractivity contribution >= 4 is 45.8 Å². The third-order valence-corrected chi connectivity index (χ3v) is 4.48. The van der Waals surface area contributed by atoms with E-state index in [-0.39, 0.29) is 16.7 Å². The number of fused-ring (bicyclic) bond motifs is 3. The number of aromatic hydroxyl groups is 1. The first-order valence-electron chi connectivity index (χ1n) is 8.07. The summed E-state index contributed by atoms with van der Waals surface area (Å²) in [6.07, 6.45) is 2.43. The Morgan fingerprint density at radius 1 is 1.27 bits per heavy atom. The number of hydrazone groups is 1. The van der Waals surface area contributed by atoms with Gasteiger partial charge < -0.3 is 10.1 Å². The molecule has 0 atom stereocenters. The Balaban J connectivity index is 1.62. The second-order valence-electron chi connectivity index (χ2n) is 5.74. The molecule has 0 saturated heterocycles. The summed E-state index contributed by atoms with van der Waals surface area (Å²) in [5, 5.41) is 23.2. The highest BCUT2D eigenvalue weighted by atomic mass is 35.5. The lowest BCUT2D eigenvalue weighted by Crippen LogP contribution is -1.99. The zero-order chi connectivity index (χ0) is 18.1. The highest BCUT2D eigenvalue weighted by molar-refractivity contribution is 6.34. The van der Waals surface area contributed by atoms with Crippen LogP contribution in [-0.4, -0.2) is 31.5 Å². The molecule has 7 nitrogen and oxygen atoms in total. The third-order valence-electron chi connectivity index (χ3n) is 4.06. The second kappa shape index (κ2) is 6.61. The fourth-order valence-electron chi connectivity index (χ4n) is 2.68. The van der Waals surface area contributed by atoms with Crippen LogP contribution in [0.2, 0.25) is 5.02 Å². The molecular weight excluding hydrogens is 352 g/mol. The van der Waals surface area contributed by atoms with Crippen LogP contribution in [-0.2, 0) is 6.42 Å². The molecule has 0 radical (unpaired) electrons. The quantitative estimate of drug-likeness (QED) is 0.376. The fraction of sp³-hybridized carbons (Fsp3) is 0.111. The predicted octanol–water partition coefficient (Wildman–Crippen LogP) is 3.87. The van der Waals surface area contributed by atoms with Crippen molar-refractivity contribution in [2.75, 3.05) is 5.43 Å². The Labute approximate surface area is 153 Å². The van der Waals surface area contributed by atoms with Crippen LogP contribution >= 0.6 is 11.6 Å². The van der Waals surface area contributed by atoms with Gasteiger partial charge in [0.1, 0.15) is 11.3 Å². The molecule has 0 fully saturated rings. The summed E-state index contributed by atoms with van der Waals surface area (Å²) >= 11 is 6.01. The molecule has 8 heteroatoms. The first kappa shape index (κ1) is 16.3. The van der Waals surface area contributed by atoms with E-state index in [0.717, 1.165) is 22.8 Å². The van der Waals surface area contributed by atoms with Gasteiger partial charge >= 0.3 is 0 Å². The Morgan fingerprint density at radius 3 is 3.00 bits per heavy atom. The van der Waals surface area contributed by atoms with E-state index < -0.39 is 0 Å². The van der Waals surface area contributed by atoms with Crippen LogP contribution < -0.4 is 5.43 Å². The Hall–Kier alpha value is -3.19. The van der Waals surface area contributed by atoms with Crippen LogP contribution in [0.1, 0.15) is 18.1 Å². The molecule has 2 aromatic heterocycles. The third kappa shape index (κ3) is 2.93. The summed E-state index contributed by atoms with van der Waals surface area (Å²) < 4.78 is 0. The lowest BCUT2D eigenvalue weighted by molar-refractivity contribution is 0.475. The van der Waals surface area contributed by atoms with E-state index in [9.17, 15) is 5.11 Å². The van der Waals surface area contributed by atoms with Crippen molar-refractivity contribution in [2.24, 2.45) is 5.10 Å². The van der Waals surface area contributed by atoms with E-state index in [1.807, 2.05) is 6.07 Å². The van der Waals surface area contributed by atoms with Crippen LogP contribution in [0.15, 0.2) is 41.5 Å². The Kier molecular flexibility index (Phi) is 4.14. The predicted molar refractivity (Wildman–Crippen MR) is 103 cm³/mol. The number of anilines is 1. The van der Waals surface area contributed by atoms with Gasteiger partial charge in [-0.15, -0.1) is 10.2 Å². The molecule has 2 aromatic carbocycles. The van der Waals surface area contributed by atoms with Gasteiger partial charge in [0.15, 0.2) is 5.65 Å². The first-order chi connectivity index (χ1) is 12.7. The van der Waals surface area contributed by atoms with E-state index >= 15 is 0 Å². The minimum Gasteiger partial charge on any atom is -0.506 e. The Morgan fingerprint density at radius 2 is 2.15 bits per heavy atom. The molecule has 26 heavy (non-hydrogen) atoms. The number of aromatic nitrogens is 4. The van der Waals surface area contributed by atoms with Crippen molar-refractivity contribution in [3.8, 4) is 5.75 Å².